The lowest BCUT2D eigenvalue weighted by Crippen LogP contribution is -2.19. The largest absolute Gasteiger partial charge is 0.323 e. The summed E-state index contributed by atoms with van der Waals surface area (Å²) in [6.45, 7) is 5.34. The van der Waals surface area contributed by atoms with E-state index in [9.17, 15) is 14.0 Å². The molecule has 2 aromatic carbocycles. The number of carbonyl (C=O) groups is 1. The van der Waals surface area contributed by atoms with E-state index in [1.165, 1.54) is 6.07 Å². The second-order valence-electron chi connectivity index (χ2n) is 7.81. The first kappa shape index (κ1) is 22.0. The molecule has 33 heavy (non-hydrogen) atoms. The number of nitrogens with one attached hydrogen (secondary N) is 3. The maximum absolute atomic E-state index is 13.7. The number of aromatic nitrogens is 1. The Hall–Kier alpha value is -4.26. The monoisotopic (exact) mass is 442 g/mol. The predicted molar refractivity (Wildman–Crippen MR) is 131 cm³/mol. The van der Waals surface area contributed by atoms with Crippen LogP contribution in [-0.4, -0.2) is 16.7 Å². The molecule has 1 aliphatic carbocycles. The Bertz CT molecular complexity index is 1410. The molecule has 166 valence electrons. The van der Waals surface area contributed by atoms with Gasteiger partial charge in [0.05, 0.1) is 17.0 Å². The van der Waals surface area contributed by atoms with Crippen LogP contribution in [0.3, 0.4) is 0 Å². The summed E-state index contributed by atoms with van der Waals surface area (Å²) in [5.41, 5.74) is 5.30. The molecule has 2 aliphatic rings. The van der Waals surface area contributed by atoms with Gasteiger partial charge in [-0.2, -0.15) is 0 Å². The summed E-state index contributed by atoms with van der Waals surface area (Å²) in [7, 11) is 0. The summed E-state index contributed by atoms with van der Waals surface area (Å²) in [5.74, 6) is -0.390. The fourth-order valence-corrected chi connectivity index (χ4v) is 3.55. The van der Waals surface area contributed by atoms with Crippen LogP contribution in [0, 0.1) is 19.7 Å². The normalized spacial score (nSPS) is 11.5. The van der Waals surface area contributed by atoms with Crippen LogP contribution >= 0.6 is 0 Å². The second kappa shape index (κ2) is 9.08. The van der Waals surface area contributed by atoms with Crippen molar-refractivity contribution in [3.63, 3.8) is 0 Å². The summed E-state index contributed by atoms with van der Waals surface area (Å²) >= 11 is 0. The smallest absolute Gasteiger partial charge is 0.321 e. The van der Waals surface area contributed by atoms with Crippen molar-refractivity contribution in [2.45, 2.75) is 20.8 Å². The molecule has 0 saturated heterocycles. The Morgan fingerprint density at radius 2 is 1.58 bits per heavy atom. The zero-order valence-electron chi connectivity index (χ0n) is 18.5. The van der Waals surface area contributed by atoms with Crippen molar-refractivity contribution in [3.8, 4) is 11.3 Å². The number of carbonyl (C=O) groups excluding carboxylic acids is 1. The number of halogens is 1. The highest BCUT2D eigenvalue weighted by molar-refractivity contribution is 6.06. The summed E-state index contributed by atoms with van der Waals surface area (Å²) in [6, 6.07) is 18.7. The number of fused-ring (bicyclic) bond motifs is 1. The van der Waals surface area contributed by atoms with Gasteiger partial charge >= 0.3 is 6.03 Å². The first-order chi connectivity index (χ1) is 15.8. The van der Waals surface area contributed by atoms with Gasteiger partial charge < -0.3 is 15.6 Å². The second-order valence-corrected chi connectivity index (χ2v) is 7.81. The van der Waals surface area contributed by atoms with E-state index in [2.05, 4.69) is 20.6 Å². The molecular formula is C26H23FN4O2. The van der Waals surface area contributed by atoms with E-state index in [4.69, 9.17) is 0 Å². The molecule has 4 rings (SSSR count). The van der Waals surface area contributed by atoms with Crippen LogP contribution in [0.5, 0.6) is 0 Å². The predicted octanol–water partition coefficient (Wildman–Crippen LogP) is 6.02. The van der Waals surface area contributed by atoms with E-state index < -0.39 is 6.03 Å². The standard InChI is InChI=1S/C26H23FN4O2/c1-15-9-11-18(13-21(15)27)29-26(33)30-19-12-10-16(2)23(14-19)28-17(3)24-20-7-5-4-6-8-22(20)31-25(24)32/h4-14H,1-3H3,(H,31,32)(H2,29,30,33)/b28-17+. The number of aryl methyl sites for hydroxylation is 2. The highest BCUT2D eigenvalue weighted by atomic mass is 19.1. The highest BCUT2D eigenvalue weighted by Gasteiger charge is 2.16. The van der Waals surface area contributed by atoms with Crippen LogP contribution < -0.4 is 16.2 Å². The Morgan fingerprint density at radius 3 is 2.30 bits per heavy atom. The Labute approximate surface area is 190 Å². The molecule has 1 aliphatic heterocycles. The third kappa shape index (κ3) is 4.82. The van der Waals surface area contributed by atoms with Gasteiger partial charge in [-0.1, -0.05) is 36.4 Å². The van der Waals surface area contributed by atoms with Crippen LogP contribution in [0.2, 0.25) is 0 Å². The molecule has 0 radical (unpaired) electrons. The van der Waals surface area contributed by atoms with E-state index in [1.54, 1.807) is 38.1 Å². The number of aromatic amines is 1. The fourth-order valence-electron chi connectivity index (χ4n) is 3.55. The lowest BCUT2D eigenvalue weighted by atomic mass is 10.1. The van der Waals surface area contributed by atoms with Gasteiger partial charge in [-0.25, -0.2) is 9.18 Å². The Morgan fingerprint density at radius 1 is 0.909 bits per heavy atom. The maximum atomic E-state index is 13.7. The van der Waals surface area contributed by atoms with E-state index in [0.29, 0.717) is 33.9 Å². The number of benzene rings is 2. The number of H-pyrrole nitrogens is 1. The van der Waals surface area contributed by atoms with E-state index >= 15 is 0 Å². The lowest BCUT2D eigenvalue weighted by molar-refractivity contribution is 0.262. The summed E-state index contributed by atoms with van der Waals surface area (Å²) in [6.07, 6.45) is 0. The van der Waals surface area contributed by atoms with Gasteiger partial charge in [0, 0.05) is 22.6 Å². The van der Waals surface area contributed by atoms with Crippen molar-refractivity contribution in [1.82, 2.24) is 4.98 Å². The van der Waals surface area contributed by atoms with Crippen LogP contribution in [0.4, 0.5) is 26.2 Å². The van der Waals surface area contributed by atoms with Gasteiger partial charge in [0.15, 0.2) is 0 Å². The van der Waals surface area contributed by atoms with Crippen molar-refractivity contribution >= 4 is 28.8 Å². The van der Waals surface area contributed by atoms with E-state index in [0.717, 1.165) is 16.8 Å². The lowest BCUT2D eigenvalue weighted by Gasteiger charge is -2.10. The zero-order valence-corrected chi connectivity index (χ0v) is 18.5. The average Bonchev–Trinajstić information content (AvgIpc) is 2.91. The number of hydrogen-bond acceptors (Lipinski definition) is 3. The summed E-state index contributed by atoms with van der Waals surface area (Å²) < 4.78 is 13.7. The highest BCUT2D eigenvalue weighted by Crippen LogP contribution is 2.27. The fraction of sp³-hybridized carbons (Fsp3) is 0.115. The minimum atomic E-state index is -0.500. The van der Waals surface area contributed by atoms with E-state index in [-0.39, 0.29) is 11.4 Å². The van der Waals surface area contributed by atoms with Gasteiger partial charge in [-0.15, -0.1) is 0 Å². The Kier molecular flexibility index (Phi) is 6.04. The number of amides is 2. The van der Waals surface area contributed by atoms with Crippen molar-refractivity contribution in [2.24, 2.45) is 4.99 Å². The SMILES string of the molecule is C/C(=N\c1cc(NC(=O)Nc2ccc(C)c(F)c2)ccc1C)c1c2cccccc-2[nH]c1=O. The third-order valence-corrected chi connectivity index (χ3v) is 5.33. The van der Waals surface area contributed by atoms with Crippen LogP contribution in [0.25, 0.3) is 11.3 Å². The molecule has 3 N–H and O–H groups in total. The number of nitrogens with zero attached hydrogens (tertiary/aromatic N) is 1. The maximum Gasteiger partial charge on any atom is 0.323 e. The first-order valence-electron chi connectivity index (χ1n) is 10.4. The minimum absolute atomic E-state index is 0.200. The van der Waals surface area contributed by atoms with Crippen molar-refractivity contribution in [1.29, 1.82) is 0 Å². The minimum Gasteiger partial charge on any atom is -0.321 e. The van der Waals surface area contributed by atoms with Crippen molar-refractivity contribution in [2.75, 3.05) is 10.6 Å². The third-order valence-electron chi connectivity index (χ3n) is 5.33. The molecule has 0 atom stereocenters. The van der Waals surface area contributed by atoms with Gasteiger partial charge in [0.1, 0.15) is 5.82 Å². The van der Waals surface area contributed by atoms with Gasteiger partial charge in [-0.05, 0) is 62.2 Å². The number of rotatable bonds is 4. The molecule has 0 fully saturated rings. The van der Waals surface area contributed by atoms with Crippen molar-refractivity contribution < 1.29 is 9.18 Å². The molecular weight excluding hydrogens is 419 g/mol. The van der Waals surface area contributed by atoms with Gasteiger partial charge in [-0.3, -0.25) is 9.79 Å². The summed E-state index contributed by atoms with van der Waals surface area (Å²) in [4.78, 5) is 32.5. The number of urea groups is 1. The van der Waals surface area contributed by atoms with Crippen LogP contribution in [-0.2, 0) is 0 Å². The zero-order chi connectivity index (χ0) is 23.5. The Balaban J connectivity index is 1.58. The van der Waals surface area contributed by atoms with Crippen molar-refractivity contribution in [3.05, 3.63) is 99.6 Å². The molecule has 1 heterocycles. The first-order valence-corrected chi connectivity index (χ1v) is 10.4. The molecule has 0 bridgehead atoms. The molecule has 0 spiro atoms. The number of anilines is 2. The topological polar surface area (TPSA) is 86.3 Å². The van der Waals surface area contributed by atoms with Gasteiger partial charge in [0.25, 0.3) is 5.56 Å². The molecule has 7 heteroatoms. The number of hydrogen-bond donors (Lipinski definition) is 3. The molecule has 0 unspecified atom stereocenters. The molecule has 0 saturated carbocycles. The van der Waals surface area contributed by atoms with Crippen LogP contribution in [0.1, 0.15) is 23.6 Å². The molecule has 2 amide bonds. The summed E-state index contributed by atoms with van der Waals surface area (Å²) in [5, 5.41) is 5.35. The quantitative estimate of drug-likeness (QED) is 0.338. The van der Waals surface area contributed by atoms with Gasteiger partial charge in [0.2, 0.25) is 0 Å². The molecule has 0 aromatic heterocycles. The average molecular weight is 442 g/mol. The number of aliphatic imine (C=N–C) groups is 1. The molecule has 2 aromatic rings. The van der Waals surface area contributed by atoms with E-state index in [1.807, 2.05) is 43.3 Å². The molecule has 6 nitrogen and oxygen atoms in total. The van der Waals surface area contributed by atoms with Crippen LogP contribution in [0.15, 0.2) is 76.5 Å².